The van der Waals surface area contributed by atoms with Gasteiger partial charge in [0.1, 0.15) is 5.69 Å². The molecular weight excluding hydrogens is 318 g/mol. The fourth-order valence-electron chi connectivity index (χ4n) is 2.02. The normalized spacial score (nSPS) is 16.6. The average molecular weight is 332 g/mol. The first-order chi connectivity index (χ1) is 10.9. The molecule has 0 saturated carbocycles. The van der Waals surface area contributed by atoms with E-state index in [-0.39, 0.29) is 23.9 Å². The number of ether oxygens (including phenoxy) is 3. The molecule has 126 valence electrons. The van der Waals surface area contributed by atoms with E-state index >= 15 is 0 Å². The fraction of sp³-hybridized carbons (Fsp3) is 0.462. The minimum atomic E-state index is -3.27. The highest BCUT2D eigenvalue weighted by atomic mass is 19.3. The Morgan fingerprint density at radius 2 is 2.26 bits per heavy atom. The third-order valence-electron chi connectivity index (χ3n) is 3.21. The number of esters is 1. The van der Waals surface area contributed by atoms with Gasteiger partial charge in [-0.2, -0.15) is 8.78 Å². The molecule has 0 amide bonds. The van der Waals surface area contributed by atoms with Gasteiger partial charge in [-0.15, -0.1) is 0 Å². The van der Waals surface area contributed by atoms with Crippen LogP contribution in [0.5, 0.6) is 5.75 Å². The molecule has 1 atom stereocenters. The molecule has 1 heterocycles. The number of alkyl halides is 2. The third kappa shape index (κ3) is 4.03. The van der Waals surface area contributed by atoms with E-state index < -0.39 is 28.9 Å². The zero-order chi connectivity index (χ0) is 17.0. The lowest BCUT2D eigenvalue weighted by Crippen LogP contribution is -2.33. The van der Waals surface area contributed by atoms with Gasteiger partial charge >= 0.3 is 18.3 Å². The van der Waals surface area contributed by atoms with Crippen molar-refractivity contribution in [2.24, 2.45) is 0 Å². The quantitative estimate of drug-likeness (QED) is 0.464. The van der Waals surface area contributed by atoms with Crippen LogP contribution in [0.15, 0.2) is 12.1 Å². The molecule has 1 saturated heterocycles. The van der Waals surface area contributed by atoms with Crippen molar-refractivity contribution in [3.8, 4) is 5.75 Å². The number of nitrogens with zero attached hydrogens (tertiary/aromatic N) is 1. The summed E-state index contributed by atoms with van der Waals surface area (Å²) in [6.45, 7) is -2.44. The average Bonchev–Trinajstić information content (AvgIpc) is 2.43. The van der Waals surface area contributed by atoms with Crippen LogP contribution >= 0.6 is 0 Å². The maximum atomic E-state index is 12.5. The van der Waals surface area contributed by atoms with Crippen LogP contribution < -0.4 is 10.1 Å². The molecule has 0 aromatic heterocycles. The molecule has 0 bridgehead atoms. The van der Waals surface area contributed by atoms with E-state index in [0.717, 1.165) is 25.7 Å². The number of methoxy groups -OCH3 is 1. The van der Waals surface area contributed by atoms with Crippen molar-refractivity contribution >= 4 is 17.3 Å². The molecule has 1 aromatic carbocycles. The van der Waals surface area contributed by atoms with Gasteiger partial charge in [-0.25, -0.2) is 4.79 Å². The van der Waals surface area contributed by atoms with Crippen LogP contribution in [-0.4, -0.2) is 43.9 Å². The highest BCUT2D eigenvalue weighted by Crippen LogP contribution is 2.37. The molecule has 0 aliphatic carbocycles. The predicted molar refractivity (Wildman–Crippen MR) is 73.9 cm³/mol. The summed E-state index contributed by atoms with van der Waals surface area (Å²) in [6.07, 6.45) is 0.647. The summed E-state index contributed by atoms with van der Waals surface area (Å²) in [5.41, 5.74) is -0.952. The molecule has 2 rings (SSSR count). The van der Waals surface area contributed by atoms with E-state index in [0.29, 0.717) is 6.61 Å². The van der Waals surface area contributed by atoms with Crippen LogP contribution in [0.25, 0.3) is 0 Å². The molecule has 1 fully saturated rings. The SMILES string of the molecule is COC(=O)c1cc(NC[C@@H]2CCO2)c([N+](=O)[O-])c(OC(F)F)c1. The van der Waals surface area contributed by atoms with Gasteiger partial charge in [0.2, 0.25) is 5.75 Å². The number of hydrogen-bond acceptors (Lipinski definition) is 7. The standard InChI is InChI=1S/C13H14F2N2O6/c1-21-12(18)7-4-9(16-6-8-2-3-22-8)11(17(19)20)10(5-7)23-13(14)15/h4-5,8,13,16H,2-3,6H2,1H3/t8-/m0/s1. The number of nitro groups is 1. The van der Waals surface area contributed by atoms with Crippen LogP contribution in [-0.2, 0) is 9.47 Å². The first-order valence-corrected chi connectivity index (χ1v) is 6.63. The Labute approximate surface area is 129 Å². The zero-order valence-corrected chi connectivity index (χ0v) is 12.1. The monoisotopic (exact) mass is 332 g/mol. The van der Waals surface area contributed by atoms with Crippen molar-refractivity contribution in [1.29, 1.82) is 0 Å². The van der Waals surface area contributed by atoms with Crippen LogP contribution in [0.4, 0.5) is 20.2 Å². The number of carbonyl (C=O) groups is 1. The lowest BCUT2D eigenvalue weighted by atomic mass is 10.1. The Kier molecular flexibility index (Phi) is 5.27. The van der Waals surface area contributed by atoms with Gasteiger partial charge in [-0.05, 0) is 12.5 Å². The summed E-state index contributed by atoms with van der Waals surface area (Å²) in [4.78, 5) is 21.9. The Morgan fingerprint density at radius 3 is 2.74 bits per heavy atom. The van der Waals surface area contributed by atoms with Gasteiger partial charge in [-0.1, -0.05) is 0 Å². The summed E-state index contributed by atoms with van der Waals surface area (Å²) in [5, 5.41) is 13.9. The van der Waals surface area contributed by atoms with E-state index in [1.54, 1.807) is 0 Å². The van der Waals surface area contributed by atoms with Gasteiger partial charge in [-0.3, -0.25) is 10.1 Å². The second-order valence-corrected chi connectivity index (χ2v) is 4.66. The number of carbonyl (C=O) groups excluding carboxylic acids is 1. The number of halogens is 2. The Hall–Kier alpha value is -2.49. The van der Waals surface area contributed by atoms with Crippen molar-refractivity contribution in [3.63, 3.8) is 0 Å². The van der Waals surface area contributed by atoms with Gasteiger partial charge in [0.15, 0.2) is 0 Å². The molecule has 1 aliphatic rings. The Balaban J connectivity index is 2.40. The van der Waals surface area contributed by atoms with E-state index in [1.807, 2.05) is 0 Å². The second-order valence-electron chi connectivity index (χ2n) is 4.66. The predicted octanol–water partition coefficient (Wildman–Crippen LogP) is 2.18. The van der Waals surface area contributed by atoms with E-state index in [2.05, 4.69) is 14.8 Å². The van der Waals surface area contributed by atoms with Gasteiger partial charge < -0.3 is 19.5 Å². The van der Waals surface area contributed by atoms with Crippen LogP contribution in [0.2, 0.25) is 0 Å². The smallest absolute Gasteiger partial charge is 0.387 e. The minimum absolute atomic E-state index is 0.121. The van der Waals surface area contributed by atoms with E-state index in [9.17, 15) is 23.7 Å². The molecule has 23 heavy (non-hydrogen) atoms. The van der Waals surface area contributed by atoms with Crippen molar-refractivity contribution in [2.75, 3.05) is 25.6 Å². The van der Waals surface area contributed by atoms with Crippen molar-refractivity contribution in [3.05, 3.63) is 27.8 Å². The number of anilines is 1. The van der Waals surface area contributed by atoms with Gasteiger partial charge in [0, 0.05) is 19.2 Å². The number of benzene rings is 1. The molecule has 10 heteroatoms. The molecule has 0 spiro atoms. The number of rotatable bonds is 7. The first-order valence-electron chi connectivity index (χ1n) is 6.63. The number of hydrogen-bond donors (Lipinski definition) is 1. The lowest BCUT2D eigenvalue weighted by Gasteiger charge is -2.27. The Morgan fingerprint density at radius 1 is 1.57 bits per heavy atom. The topological polar surface area (TPSA) is 99.9 Å². The second kappa shape index (κ2) is 7.18. The van der Waals surface area contributed by atoms with Crippen molar-refractivity contribution in [2.45, 2.75) is 19.1 Å². The molecule has 1 N–H and O–H groups in total. The highest BCUT2D eigenvalue weighted by Gasteiger charge is 2.28. The molecule has 0 unspecified atom stereocenters. The van der Waals surface area contributed by atoms with Crippen molar-refractivity contribution < 1.29 is 32.7 Å². The molecule has 0 radical (unpaired) electrons. The van der Waals surface area contributed by atoms with Crippen LogP contribution in [0, 0.1) is 10.1 Å². The summed E-state index contributed by atoms with van der Waals surface area (Å²) >= 11 is 0. The van der Waals surface area contributed by atoms with E-state index in [4.69, 9.17) is 4.74 Å². The maximum absolute atomic E-state index is 12.5. The fourth-order valence-corrected chi connectivity index (χ4v) is 2.02. The number of nitrogens with one attached hydrogen (secondary N) is 1. The summed E-state index contributed by atoms with van der Waals surface area (Å²) in [7, 11) is 1.10. The largest absolute Gasteiger partial charge is 0.465 e. The first kappa shape index (κ1) is 16.9. The van der Waals surface area contributed by atoms with Gasteiger partial charge in [0.05, 0.1) is 23.7 Å². The molecular formula is C13H14F2N2O6. The number of nitro benzene ring substituents is 1. The summed E-state index contributed by atoms with van der Waals surface area (Å²) < 4.78 is 38.8. The van der Waals surface area contributed by atoms with E-state index in [1.165, 1.54) is 0 Å². The maximum Gasteiger partial charge on any atom is 0.387 e. The Bertz CT molecular complexity index is 606. The summed E-state index contributed by atoms with van der Waals surface area (Å²) in [6, 6.07) is 2.00. The lowest BCUT2D eigenvalue weighted by molar-refractivity contribution is -0.385. The molecule has 1 aromatic rings. The minimum Gasteiger partial charge on any atom is -0.465 e. The summed E-state index contributed by atoms with van der Waals surface area (Å²) in [5.74, 6) is -1.55. The molecule has 1 aliphatic heterocycles. The zero-order valence-electron chi connectivity index (χ0n) is 12.1. The van der Waals surface area contributed by atoms with Crippen LogP contribution in [0.3, 0.4) is 0 Å². The molecule has 8 nitrogen and oxygen atoms in total. The van der Waals surface area contributed by atoms with Gasteiger partial charge in [0.25, 0.3) is 0 Å². The van der Waals surface area contributed by atoms with Crippen molar-refractivity contribution in [1.82, 2.24) is 0 Å². The third-order valence-corrected chi connectivity index (χ3v) is 3.21. The highest BCUT2D eigenvalue weighted by molar-refractivity contribution is 5.93. The van der Waals surface area contributed by atoms with Crippen LogP contribution in [0.1, 0.15) is 16.8 Å².